The van der Waals surface area contributed by atoms with E-state index in [2.05, 4.69) is 6.07 Å². The van der Waals surface area contributed by atoms with Crippen LogP contribution in [0.15, 0.2) is 53.4 Å². The van der Waals surface area contributed by atoms with Gasteiger partial charge in [0.2, 0.25) is 0 Å². The highest BCUT2D eigenvalue weighted by molar-refractivity contribution is 8.18. The van der Waals surface area contributed by atoms with Crippen molar-refractivity contribution < 1.29 is 23.9 Å². The zero-order valence-electron chi connectivity index (χ0n) is 18.0. The highest BCUT2D eigenvalue weighted by atomic mass is 32.2. The molecule has 3 rings (SSSR count). The fraction of sp³-hybridized carbons (Fsp3) is 0.250. The lowest BCUT2D eigenvalue weighted by Crippen LogP contribution is -2.37. The van der Waals surface area contributed by atoms with Crippen molar-refractivity contribution in [2.24, 2.45) is 0 Å². The Morgan fingerprint density at radius 3 is 2.53 bits per heavy atom. The Morgan fingerprint density at radius 1 is 1.12 bits per heavy atom. The predicted octanol–water partition coefficient (Wildman–Crippen LogP) is 4.52. The van der Waals surface area contributed by atoms with Gasteiger partial charge in [0.1, 0.15) is 24.5 Å². The van der Waals surface area contributed by atoms with Gasteiger partial charge in [-0.15, -0.1) is 0 Å². The zero-order chi connectivity index (χ0) is 23.3. The van der Waals surface area contributed by atoms with Crippen molar-refractivity contribution in [3.05, 3.63) is 70.1 Å². The molecule has 164 valence electrons. The van der Waals surface area contributed by atoms with Crippen molar-refractivity contribution in [1.82, 2.24) is 4.90 Å². The van der Waals surface area contributed by atoms with Crippen LogP contribution in [-0.4, -0.2) is 34.2 Å². The lowest BCUT2D eigenvalue weighted by atomic mass is 10.1. The molecular formula is C24H22N2O5S. The molecule has 1 heterocycles. The van der Waals surface area contributed by atoms with Crippen LogP contribution in [0.3, 0.4) is 0 Å². The van der Waals surface area contributed by atoms with E-state index in [9.17, 15) is 19.6 Å². The normalized spacial score (nSPS) is 15.1. The lowest BCUT2D eigenvalue weighted by Gasteiger charge is -2.21. The van der Waals surface area contributed by atoms with Gasteiger partial charge in [0.05, 0.1) is 16.5 Å². The number of carbonyl (C=O) groups excluding carboxylic acids is 3. The molecule has 0 N–H and O–H groups in total. The molecule has 2 aromatic rings. The largest absolute Gasteiger partial charge is 0.488 e. The van der Waals surface area contributed by atoms with Gasteiger partial charge in [-0.3, -0.25) is 19.3 Å². The van der Waals surface area contributed by atoms with Crippen LogP contribution in [0.5, 0.6) is 5.75 Å². The molecular weight excluding hydrogens is 428 g/mol. The van der Waals surface area contributed by atoms with E-state index in [-0.39, 0.29) is 11.5 Å². The molecule has 0 aromatic heterocycles. The molecule has 1 fully saturated rings. The third-order valence-electron chi connectivity index (χ3n) is 4.31. The smallest absolute Gasteiger partial charge is 0.326 e. The van der Waals surface area contributed by atoms with Crippen molar-refractivity contribution in [2.75, 3.05) is 6.54 Å². The number of rotatable bonds is 6. The van der Waals surface area contributed by atoms with Crippen LogP contribution in [0, 0.1) is 11.3 Å². The minimum Gasteiger partial charge on any atom is -0.488 e. The van der Waals surface area contributed by atoms with Crippen LogP contribution >= 0.6 is 11.8 Å². The van der Waals surface area contributed by atoms with Crippen LogP contribution in [0.1, 0.15) is 37.5 Å². The highest BCUT2D eigenvalue weighted by Gasteiger charge is 2.37. The Hall–Kier alpha value is -3.57. The number of benzene rings is 2. The van der Waals surface area contributed by atoms with E-state index in [0.717, 1.165) is 22.2 Å². The summed E-state index contributed by atoms with van der Waals surface area (Å²) in [5.74, 6) is -0.712. The second-order valence-electron chi connectivity index (χ2n) is 7.95. The summed E-state index contributed by atoms with van der Waals surface area (Å²) < 4.78 is 11.1. The van der Waals surface area contributed by atoms with E-state index in [1.165, 1.54) is 0 Å². The van der Waals surface area contributed by atoms with Crippen molar-refractivity contribution in [3.8, 4) is 11.8 Å². The molecule has 0 bridgehead atoms. The van der Waals surface area contributed by atoms with E-state index in [1.807, 2.05) is 12.1 Å². The number of hydrogen-bond donors (Lipinski definition) is 0. The first kappa shape index (κ1) is 23.1. The molecule has 0 atom stereocenters. The van der Waals surface area contributed by atoms with Gasteiger partial charge in [0.15, 0.2) is 0 Å². The van der Waals surface area contributed by atoms with Gasteiger partial charge < -0.3 is 9.47 Å². The maximum atomic E-state index is 12.7. The van der Waals surface area contributed by atoms with Crippen molar-refractivity contribution in [2.45, 2.75) is 33.0 Å². The molecule has 0 aliphatic carbocycles. The molecule has 32 heavy (non-hydrogen) atoms. The lowest BCUT2D eigenvalue weighted by molar-refractivity contribution is -0.156. The Bertz CT molecular complexity index is 1130. The average molecular weight is 451 g/mol. The number of hydrogen-bond acceptors (Lipinski definition) is 7. The topological polar surface area (TPSA) is 96.7 Å². The first-order valence-electron chi connectivity index (χ1n) is 9.85. The molecule has 1 aliphatic rings. The molecule has 1 saturated heterocycles. The van der Waals surface area contributed by atoms with Crippen molar-refractivity contribution in [1.29, 1.82) is 5.26 Å². The first-order valence-corrected chi connectivity index (χ1v) is 10.7. The Morgan fingerprint density at radius 2 is 1.81 bits per heavy atom. The summed E-state index contributed by atoms with van der Waals surface area (Å²) in [6, 6.07) is 16.3. The maximum Gasteiger partial charge on any atom is 0.326 e. The summed E-state index contributed by atoms with van der Waals surface area (Å²) in [7, 11) is 0. The van der Waals surface area contributed by atoms with E-state index in [1.54, 1.807) is 63.2 Å². The summed E-state index contributed by atoms with van der Waals surface area (Å²) >= 11 is 0.758. The monoisotopic (exact) mass is 450 g/mol. The number of para-hydroxylation sites is 1. The number of imide groups is 1. The minimum absolute atomic E-state index is 0.175. The summed E-state index contributed by atoms with van der Waals surface area (Å²) in [6.45, 7) is 4.87. The molecule has 1 aliphatic heterocycles. The second-order valence-corrected chi connectivity index (χ2v) is 8.94. The molecule has 0 radical (unpaired) electrons. The molecule has 0 spiro atoms. The van der Waals surface area contributed by atoms with Gasteiger partial charge in [-0.2, -0.15) is 5.26 Å². The zero-order valence-corrected chi connectivity index (χ0v) is 18.8. The van der Waals surface area contributed by atoms with Crippen LogP contribution in [0.4, 0.5) is 4.79 Å². The van der Waals surface area contributed by atoms with Gasteiger partial charge in [0.25, 0.3) is 11.1 Å². The van der Waals surface area contributed by atoms with Gasteiger partial charge in [-0.05, 0) is 50.7 Å². The van der Waals surface area contributed by atoms with E-state index in [0.29, 0.717) is 16.9 Å². The molecule has 0 saturated carbocycles. The van der Waals surface area contributed by atoms with Gasteiger partial charge >= 0.3 is 5.97 Å². The van der Waals surface area contributed by atoms with Crippen LogP contribution in [0.2, 0.25) is 0 Å². The number of amides is 2. The summed E-state index contributed by atoms with van der Waals surface area (Å²) in [5.41, 5.74) is 1.15. The summed E-state index contributed by atoms with van der Waals surface area (Å²) in [5, 5.41) is 8.70. The fourth-order valence-electron chi connectivity index (χ4n) is 2.92. The molecule has 0 unspecified atom stereocenters. The molecule has 8 heteroatoms. The van der Waals surface area contributed by atoms with Gasteiger partial charge in [-0.1, -0.05) is 36.4 Å². The van der Waals surface area contributed by atoms with E-state index in [4.69, 9.17) is 9.47 Å². The third-order valence-corrected chi connectivity index (χ3v) is 5.21. The second kappa shape index (κ2) is 9.71. The third kappa shape index (κ3) is 5.77. The average Bonchev–Trinajstić information content (AvgIpc) is 2.99. The highest BCUT2D eigenvalue weighted by Crippen LogP contribution is 2.34. The van der Waals surface area contributed by atoms with Gasteiger partial charge in [-0.25, -0.2) is 0 Å². The van der Waals surface area contributed by atoms with Gasteiger partial charge in [0, 0.05) is 11.1 Å². The standard InChI is InChI=1S/C24H22N2O5S/c1-24(2,3)31-21(27)14-26-22(28)20(32-23(26)29)12-16-8-6-7-11-19(16)30-15-18-10-5-4-9-17(18)13-25/h4-12H,14-15H2,1-3H3. The minimum atomic E-state index is -0.713. The Labute approximate surface area is 190 Å². The number of ether oxygens (including phenoxy) is 2. The fourth-order valence-corrected chi connectivity index (χ4v) is 3.75. The Balaban J connectivity index is 1.76. The Kier molecular flexibility index (Phi) is 7.01. The number of thioether (sulfide) groups is 1. The maximum absolute atomic E-state index is 12.7. The number of nitriles is 1. The summed E-state index contributed by atoms with van der Waals surface area (Å²) in [4.78, 5) is 38.2. The first-order chi connectivity index (χ1) is 15.2. The van der Waals surface area contributed by atoms with E-state index < -0.39 is 29.3 Å². The molecule has 2 amide bonds. The quantitative estimate of drug-likeness (QED) is 0.472. The number of nitrogens with zero attached hydrogens (tertiary/aromatic N) is 2. The number of carbonyl (C=O) groups is 3. The van der Waals surface area contributed by atoms with E-state index >= 15 is 0 Å². The van der Waals surface area contributed by atoms with Crippen LogP contribution in [-0.2, 0) is 20.9 Å². The predicted molar refractivity (Wildman–Crippen MR) is 120 cm³/mol. The van der Waals surface area contributed by atoms with Crippen molar-refractivity contribution >= 4 is 35.0 Å². The molecule has 2 aromatic carbocycles. The number of esters is 1. The van der Waals surface area contributed by atoms with Crippen molar-refractivity contribution in [3.63, 3.8) is 0 Å². The van der Waals surface area contributed by atoms with Crippen LogP contribution in [0.25, 0.3) is 6.08 Å². The van der Waals surface area contributed by atoms with Crippen LogP contribution < -0.4 is 4.74 Å². The summed E-state index contributed by atoms with van der Waals surface area (Å²) in [6.07, 6.45) is 1.56. The molecule has 7 nitrogen and oxygen atoms in total. The SMILES string of the molecule is CC(C)(C)OC(=O)CN1C(=O)SC(=Cc2ccccc2OCc2ccccc2C#N)C1=O.